The predicted octanol–water partition coefficient (Wildman–Crippen LogP) is 2.84. The van der Waals surface area contributed by atoms with E-state index < -0.39 is 0 Å². The van der Waals surface area contributed by atoms with E-state index >= 15 is 0 Å². The smallest absolute Gasteiger partial charge is 0.122 e. The maximum absolute atomic E-state index is 9.08. The number of methoxy groups -OCH3 is 1. The van der Waals surface area contributed by atoms with Crippen molar-refractivity contribution < 1.29 is 9.84 Å². The van der Waals surface area contributed by atoms with Crippen molar-refractivity contribution in [2.75, 3.05) is 25.2 Å². The largest absolute Gasteiger partial charge is 0.496 e. The third-order valence-electron chi connectivity index (χ3n) is 3.38. The van der Waals surface area contributed by atoms with Gasteiger partial charge in [0.2, 0.25) is 0 Å². The lowest BCUT2D eigenvalue weighted by atomic mass is 9.91. The van der Waals surface area contributed by atoms with Gasteiger partial charge < -0.3 is 9.84 Å². The first-order chi connectivity index (χ1) is 8.35. The van der Waals surface area contributed by atoms with Gasteiger partial charge in [-0.15, -0.1) is 0 Å². The zero-order valence-corrected chi connectivity index (χ0v) is 11.1. The molecular formula is C14H20O2S. The van der Waals surface area contributed by atoms with Crippen LogP contribution in [0.2, 0.25) is 0 Å². The lowest BCUT2D eigenvalue weighted by Gasteiger charge is -2.22. The Labute approximate surface area is 107 Å². The Kier molecular flexibility index (Phi) is 4.75. The number of aliphatic hydroxyl groups is 1. The van der Waals surface area contributed by atoms with Crippen molar-refractivity contribution >= 4 is 11.8 Å². The van der Waals surface area contributed by atoms with E-state index in [2.05, 4.69) is 23.9 Å². The van der Waals surface area contributed by atoms with Crippen LogP contribution in [-0.4, -0.2) is 30.3 Å². The maximum Gasteiger partial charge on any atom is 0.122 e. The molecule has 1 fully saturated rings. The minimum Gasteiger partial charge on any atom is -0.496 e. The number of thioether (sulfide) groups is 1. The summed E-state index contributed by atoms with van der Waals surface area (Å²) in [4.78, 5) is 0. The van der Waals surface area contributed by atoms with Gasteiger partial charge in [-0.3, -0.25) is 0 Å². The van der Waals surface area contributed by atoms with Gasteiger partial charge in [0.1, 0.15) is 5.75 Å². The highest BCUT2D eigenvalue weighted by atomic mass is 32.2. The highest BCUT2D eigenvalue weighted by Gasteiger charge is 2.17. The van der Waals surface area contributed by atoms with E-state index in [0.29, 0.717) is 12.3 Å². The summed E-state index contributed by atoms with van der Waals surface area (Å²) < 4.78 is 5.32. The number of hydrogen-bond donors (Lipinski definition) is 1. The van der Waals surface area contributed by atoms with Crippen LogP contribution in [-0.2, 0) is 6.42 Å². The molecule has 1 aliphatic heterocycles. The van der Waals surface area contributed by atoms with Gasteiger partial charge in [-0.1, -0.05) is 12.1 Å². The molecule has 0 spiro atoms. The molecule has 1 heterocycles. The highest BCUT2D eigenvalue weighted by molar-refractivity contribution is 7.99. The third kappa shape index (κ3) is 3.17. The Morgan fingerprint density at radius 2 is 2.12 bits per heavy atom. The topological polar surface area (TPSA) is 29.5 Å². The number of ether oxygens (including phenoxy) is 1. The average molecular weight is 252 g/mol. The van der Waals surface area contributed by atoms with Gasteiger partial charge in [-0.25, -0.2) is 0 Å². The molecule has 3 heteroatoms. The minimum absolute atomic E-state index is 0.181. The molecule has 0 atom stereocenters. The van der Waals surface area contributed by atoms with E-state index in [1.807, 2.05) is 6.07 Å². The standard InChI is InChI=1S/C14H20O2S/c1-16-14-3-2-12(10-13(14)4-7-15)11-5-8-17-9-6-11/h2-3,10-11,15H,4-9H2,1H3. The van der Waals surface area contributed by atoms with Crippen molar-refractivity contribution in [2.45, 2.75) is 25.2 Å². The van der Waals surface area contributed by atoms with Crippen LogP contribution in [0.25, 0.3) is 0 Å². The van der Waals surface area contributed by atoms with E-state index in [-0.39, 0.29) is 6.61 Å². The van der Waals surface area contributed by atoms with E-state index in [9.17, 15) is 0 Å². The predicted molar refractivity (Wildman–Crippen MR) is 73.1 cm³/mol. The second-order valence-corrected chi connectivity index (χ2v) is 5.66. The summed E-state index contributed by atoms with van der Waals surface area (Å²) in [6.07, 6.45) is 3.23. The van der Waals surface area contributed by atoms with Crippen molar-refractivity contribution in [3.63, 3.8) is 0 Å². The zero-order chi connectivity index (χ0) is 12.1. The van der Waals surface area contributed by atoms with Crippen LogP contribution < -0.4 is 4.74 Å². The Hall–Kier alpha value is -0.670. The first kappa shape index (κ1) is 12.8. The molecule has 17 heavy (non-hydrogen) atoms. The number of rotatable bonds is 4. The van der Waals surface area contributed by atoms with E-state index in [1.165, 1.54) is 29.9 Å². The Balaban J connectivity index is 2.19. The maximum atomic E-state index is 9.08. The van der Waals surface area contributed by atoms with Crippen LogP contribution in [0, 0.1) is 0 Å². The van der Waals surface area contributed by atoms with Crippen LogP contribution in [0.1, 0.15) is 29.9 Å². The van der Waals surface area contributed by atoms with Gasteiger partial charge >= 0.3 is 0 Å². The average Bonchev–Trinajstić information content (AvgIpc) is 2.40. The molecule has 1 saturated heterocycles. The summed E-state index contributed by atoms with van der Waals surface area (Å²) in [6, 6.07) is 6.44. The SMILES string of the molecule is COc1ccc(C2CCSCC2)cc1CCO. The normalized spacial score (nSPS) is 17.1. The molecule has 2 rings (SSSR count). The van der Waals surface area contributed by atoms with Gasteiger partial charge in [0.15, 0.2) is 0 Å². The quantitative estimate of drug-likeness (QED) is 0.893. The van der Waals surface area contributed by atoms with Crippen LogP contribution in [0.5, 0.6) is 5.75 Å². The monoisotopic (exact) mass is 252 g/mol. The van der Waals surface area contributed by atoms with Crippen LogP contribution in [0.4, 0.5) is 0 Å². The lowest BCUT2D eigenvalue weighted by molar-refractivity contribution is 0.296. The molecule has 1 aromatic carbocycles. The molecule has 1 aliphatic rings. The third-order valence-corrected chi connectivity index (χ3v) is 4.43. The fraction of sp³-hybridized carbons (Fsp3) is 0.571. The fourth-order valence-electron chi connectivity index (χ4n) is 2.40. The van der Waals surface area contributed by atoms with Gasteiger partial charge in [0.25, 0.3) is 0 Å². The van der Waals surface area contributed by atoms with Crippen LogP contribution in [0.15, 0.2) is 18.2 Å². The fourth-order valence-corrected chi connectivity index (χ4v) is 3.51. The first-order valence-corrected chi connectivity index (χ1v) is 7.36. The number of benzene rings is 1. The molecule has 0 unspecified atom stereocenters. The van der Waals surface area contributed by atoms with E-state index in [1.54, 1.807) is 7.11 Å². The summed E-state index contributed by atoms with van der Waals surface area (Å²) >= 11 is 2.05. The summed E-state index contributed by atoms with van der Waals surface area (Å²) in [5.74, 6) is 4.13. The Morgan fingerprint density at radius 1 is 1.35 bits per heavy atom. The molecule has 2 nitrogen and oxygen atoms in total. The van der Waals surface area contributed by atoms with Gasteiger partial charge in [-0.05, 0) is 53.9 Å². The van der Waals surface area contributed by atoms with E-state index in [0.717, 1.165) is 11.3 Å². The molecule has 1 N–H and O–H groups in total. The van der Waals surface area contributed by atoms with Crippen molar-refractivity contribution in [1.82, 2.24) is 0 Å². The molecule has 0 saturated carbocycles. The molecule has 0 radical (unpaired) electrons. The molecule has 0 aliphatic carbocycles. The second-order valence-electron chi connectivity index (χ2n) is 4.43. The summed E-state index contributed by atoms with van der Waals surface area (Å²) in [5, 5.41) is 9.08. The summed E-state index contributed by atoms with van der Waals surface area (Å²) in [7, 11) is 1.69. The van der Waals surface area contributed by atoms with E-state index in [4.69, 9.17) is 9.84 Å². The molecule has 0 bridgehead atoms. The molecular weight excluding hydrogens is 232 g/mol. The van der Waals surface area contributed by atoms with Crippen molar-refractivity contribution in [3.05, 3.63) is 29.3 Å². The molecule has 0 aromatic heterocycles. The highest BCUT2D eigenvalue weighted by Crippen LogP contribution is 2.33. The summed E-state index contributed by atoms with van der Waals surface area (Å²) in [6.45, 7) is 0.181. The number of aliphatic hydroxyl groups excluding tert-OH is 1. The Bertz CT molecular complexity index is 359. The second kappa shape index (κ2) is 6.31. The van der Waals surface area contributed by atoms with Crippen molar-refractivity contribution in [2.24, 2.45) is 0 Å². The van der Waals surface area contributed by atoms with Crippen molar-refractivity contribution in [3.8, 4) is 5.75 Å². The zero-order valence-electron chi connectivity index (χ0n) is 10.3. The van der Waals surface area contributed by atoms with Gasteiger partial charge in [-0.2, -0.15) is 11.8 Å². The van der Waals surface area contributed by atoms with Gasteiger partial charge in [0.05, 0.1) is 7.11 Å². The van der Waals surface area contributed by atoms with Gasteiger partial charge in [0, 0.05) is 6.61 Å². The first-order valence-electron chi connectivity index (χ1n) is 6.20. The minimum atomic E-state index is 0.181. The molecule has 1 aromatic rings. The molecule has 0 amide bonds. The number of hydrogen-bond acceptors (Lipinski definition) is 3. The summed E-state index contributed by atoms with van der Waals surface area (Å²) in [5.41, 5.74) is 2.54. The van der Waals surface area contributed by atoms with Crippen LogP contribution >= 0.6 is 11.8 Å². The lowest BCUT2D eigenvalue weighted by Crippen LogP contribution is -2.08. The van der Waals surface area contributed by atoms with Crippen LogP contribution in [0.3, 0.4) is 0 Å². The molecule has 94 valence electrons. The Morgan fingerprint density at radius 3 is 2.76 bits per heavy atom. The van der Waals surface area contributed by atoms with Crippen molar-refractivity contribution in [1.29, 1.82) is 0 Å².